The van der Waals surface area contributed by atoms with E-state index in [9.17, 15) is 9.90 Å². The van der Waals surface area contributed by atoms with Crippen molar-refractivity contribution in [2.45, 2.75) is 25.2 Å². The van der Waals surface area contributed by atoms with E-state index in [1.165, 1.54) is 0 Å². The van der Waals surface area contributed by atoms with Crippen molar-refractivity contribution in [1.29, 1.82) is 0 Å². The molecule has 1 N–H and O–H groups in total. The van der Waals surface area contributed by atoms with Crippen LogP contribution in [-0.2, 0) is 25.2 Å². The van der Waals surface area contributed by atoms with E-state index >= 15 is 0 Å². The third-order valence-electron chi connectivity index (χ3n) is 7.75. The molecule has 0 aliphatic heterocycles. The number of carbonyl (C=O) groups excluding carboxylic acids is 1. The standard InChI is InChI=1S/C38H33N3O2/c42-37(41(26-30-13-5-1-6-14-30)27-31-15-7-2-8-16-31)36-25-34(21-22-35(36)32-17-9-3-10-18-32)38(43,28-40-24-23-39-29-40)33-19-11-4-12-20-33/h1-25,29,43H,26-28H2. The normalized spacial score (nSPS) is 12.4. The number of aromatic nitrogens is 2. The molecule has 0 saturated carbocycles. The zero-order valence-electron chi connectivity index (χ0n) is 23.8. The van der Waals surface area contributed by atoms with Crippen molar-refractivity contribution in [3.8, 4) is 11.1 Å². The number of amides is 1. The fourth-order valence-corrected chi connectivity index (χ4v) is 5.53. The zero-order chi connectivity index (χ0) is 29.5. The van der Waals surface area contributed by atoms with Crippen molar-refractivity contribution in [1.82, 2.24) is 14.5 Å². The summed E-state index contributed by atoms with van der Waals surface area (Å²) in [5, 5.41) is 12.4. The highest BCUT2D eigenvalue weighted by Gasteiger charge is 2.34. The van der Waals surface area contributed by atoms with E-state index < -0.39 is 5.60 Å². The molecule has 0 aliphatic rings. The molecule has 1 unspecified atom stereocenters. The number of imidazole rings is 1. The summed E-state index contributed by atoms with van der Waals surface area (Å²) in [5.74, 6) is -0.105. The Morgan fingerprint density at radius 2 is 1.26 bits per heavy atom. The number of nitrogens with zero attached hydrogens (tertiary/aromatic N) is 3. The van der Waals surface area contributed by atoms with Gasteiger partial charge < -0.3 is 14.6 Å². The third-order valence-corrected chi connectivity index (χ3v) is 7.75. The molecule has 1 amide bonds. The quantitative estimate of drug-likeness (QED) is 0.190. The molecule has 0 saturated heterocycles. The number of hydrogen-bond donors (Lipinski definition) is 1. The first kappa shape index (κ1) is 27.9. The van der Waals surface area contributed by atoms with Crippen molar-refractivity contribution in [3.05, 3.63) is 186 Å². The van der Waals surface area contributed by atoms with Gasteiger partial charge >= 0.3 is 0 Å². The molecular formula is C38H33N3O2. The van der Waals surface area contributed by atoms with Crippen LogP contribution < -0.4 is 0 Å². The Kier molecular flexibility index (Phi) is 8.25. The van der Waals surface area contributed by atoms with Gasteiger partial charge in [0.15, 0.2) is 0 Å². The molecule has 212 valence electrons. The molecule has 43 heavy (non-hydrogen) atoms. The van der Waals surface area contributed by atoms with Crippen LogP contribution in [0.25, 0.3) is 11.1 Å². The van der Waals surface area contributed by atoms with E-state index in [0.29, 0.717) is 24.2 Å². The predicted octanol–water partition coefficient (Wildman–Crippen LogP) is 7.33. The second kappa shape index (κ2) is 12.7. The molecular weight excluding hydrogens is 530 g/mol. The van der Waals surface area contributed by atoms with Crippen LogP contribution in [0.2, 0.25) is 0 Å². The van der Waals surface area contributed by atoms with Crippen LogP contribution >= 0.6 is 0 Å². The van der Waals surface area contributed by atoms with Crippen LogP contribution in [0.5, 0.6) is 0 Å². The molecule has 1 aromatic heterocycles. The van der Waals surface area contributed by atoms with E-state index in [2.05, 4.69) is 4.98 Å². The molecule has 0 fully saturated rings. The summed E-state index contributed by atoms with van der Waals surface area (Å²) < 4.78 is 1.86. The average Bonchev–Trinajstić information content (AvgIpc) is 3.58. The van der Waals surface area contributed by atoms with Gasteiger partial charge in [-0.25, -0.2) is 4.98 Å². The number of hydrogen-bond acceptors (Lipinski definition) is 3. The fourth-order valence-electron chi connectivity index (χ4n) is 5.53. The van der Waals surface area contributed by atoms with E-state index in [1.807, 2.05) is 155 Å². The highest BCUT2D eigenvalue weighted by Crippen LogP contribution is 2.36. The molecule has 0 spiro atoms. The maximum Gasteiger partial charge on any atom is 0.255 e. The smallest absolute Gasteiger partial charge is 0.255 e. The topological polar surface area (TPSA) is 58.4 Å². The lowest BCUT2D eigenvalue weighted by atomic mass is 9.83. The van der Waals surface area contributed by atoms with Crippen molar-refractivity contribution < 1.29 is 9.90 Å². The molecule has 6 aromatic rings. The number of aliphatic hydroxyl groups is 1. The lowest BCUT2D eigenvalue weighted by Crippen LogP contribution is -2.34. The highest BCUT2D eigenvalue weighted by molar-refractivity contribution is 6.01. The van der Waals surface area contributed by atoms with Crippen LogP contribution in [0.15, 0.2) is 158 Å². The van der Waals surface area contributed by atoms with E-state index in [4.69, 9.17) is 0 Å². The lowest BCUT2D eigenvalue weighted by Gasteiger charge is -2.31. The molecule has 5 aromatic carbocycles. The number of rotatable bonds is 10. The molecule has 1 heterocycles. The van der Waals surface area contributed by atoms with Crippen LogP contribution in [0.4, 0.5) is 0 Å². The molecule has 0 radical (unpaired) electrons. The largest absolute Gasteiger partial charge is 0.378 e. The Labute approximate surface area is 252 Å². The molecule has 5 nitrogen and oxygen atoms in total. The van der Waals surface area contributed by atoms with E-state index in [0.717, 1.165) is 27.8 Å². The van der Waals surface area contributed by atoms with Gasteiger partial charge in [-0.05, 0) is 39.4 Å². The van der Waals surface area contributed by atoms with Crippen molar-refractivity contribution in [3.63, 3.8) is 0 Å². The summed E-state index contributed by atoms with van der Waals surface area (Å²) in [6, 6.07) is 45.4. The highest BCUT2D eigenvalue weighted by atomic mass is 16.3. The van der Waals surface area contributed by atoms with Gasteiger partial charge in [-0.2, -0.15) is 0 Å². The monoisotopic (exact) mass is 563 g/mol. The summed E-state index contributed by atoms with van der Waals surface area (Å²) in [6.45, 7) is 1.14. The third kappa shape index (κ3) is 6.32. The van der Waals surface area contributed by atoms with Gasteiger partial charge in [-0.3, -0.25) is 4.79 Å². The molecule has 6 rings (SSSR count). The maximum absolute atomic E-state index is 14.7. The van der Waals surface area contributed by atoms with Gasteiger partial charge in [0.05, 0.1) is 12.9 Å². The van der Waals surface area contributed by atoms with Gasteiger partial charge in [0.2, 0.25) is 0 Å². The SMILES string of the molecule is O=C(c1cc(C(O)(Cn2ccnc2)c2ccccc2)ccc1-c1ccccc1)N(Cc1ccccc1)Cc1ccccc1. The van der Waals surface area contributed by atoms with Crippen molar-refractivity contribution in [2.24, 2.45) is 0 Å². The summed E-state index contributed by atoms with van der Waals surface area (Å²) >= 11 is 0. The predicted molar refractivity (Wildman–Crippen MR) is 170 cm³/mol. The van der Waals surface area contributed by atoms with Crippen LogP contribution in [-0.4, -0.2) is 25.5 Å². The van der Waals surface area contributed by atoms with Crippen LogP contribution in [0, 0.1) is 0 Å². The Balaban J connectivity index is 1.49. The van der Waals surface area contributed by atoms with Crippen LogP contribution in [0.1, 0.15) is 32.6 Å². The summed E-state index contributed by atoms with van der Waals surface area (Å²) in [5.41, 5.74) is 4.35. The Morgan fingerprint density at radius 3 is 1.81 bits per heavy atom. The first-order valence-corrected chi connectivity index (χ1v) is 14.4. The molecule has 0 aliphatic carbocycles. The Hall–Kier alpha value is -5.26. The second-order valence-corrected chi connectivity index (χ2v) is 10.7. The molecule has 5 heteroatoms. The number of carbonyl (C=O) groups is 1. The van der Waals surface area contributed by atoms with Crippen molar-refractivity contribution in [2.75, 3.05) is 0 Å². The second-order valence-electron chi connectivity index (χ2n) is 10.7. The van der Waals surface area contributed by atoms with Gasteiger partial charge in [-0.15, -0.1) is 0 Å². The average molecular weight is 564 g/mol. The first-order chi connectivity index (χ1) is 21.1. The summed E-state index contributed by atoms with van der Waals surface area (Å²) in [6.07, 6.45) is 5.23. The van der Waals surface area contributed by atoms with Gasteiger partial charge in [-0.1, -0.05) is 133 Å². The molecule has 0 bridgehead atoms. The summed E-state index contributed by atoms with van der Waals surface area (Å²) in [7, 11) is 0. The van der Waals surface area contributed by atoms with E-state index in [1.54, 1.807) is 12.5 Å². The first-order valence-electron chi connectivity index (χ1n) is 14.4. The van der Waals surface area contributed by atoms with Crippen molar-refractivity contribution >= 4 is 5.91 Å². The Morgan fingerprint density at radius 1 is 0.698 bits per heavy atom. The van der Waals surface area contributed by atoms with Gasteiger partial charge in [0.1, 0.15) is 5.60 Å². The summed E-state index contributed by atoms with van der Waals surface area (Å²) in [4.78, 5) is 20.8. The zero-order valence-corrected chi connectivity index (χ0v) is 23.8. The van der Waals surface area contributed by atoms with Gasteiger partial charge in [0.25, 0.3) is 5.91 Å². The molecule has 1 atom stereocenters. The fraction of sp³-hybridized carbons (Fsp3) is 0.105. The number of benzene rings is 5. The van der Waals surface area contributed by atoms with E-state index in [-0.39, 0.29) is 12.5 Å². The minimum Gasteiger partial charge on any atom is -0.378 e. The van der Waals surface area contributed by atoms with Crippen LogP contribution in [0.3, 0.4) is 0 Å². The Bertz CT molecular complexity index is 1720. The minimum absolute atomic E-state index is 0.105. The maximum atomic E-state index is 14.7. The minimum atomic E-state index is -1.41. The van der Waals surface area contributed by atoms with Gasteiger partial charge in [0, 0.05) is 31.0 Å². The lowest BCUT2D eigenvalue weighted by molar-refractivity contribution is 0.0608.